The van der Waals surface area contributed by atoms with E-state index in [1.54, 1.807) is 18.6 Å². The summed E-state index contributed by atoms with van der Waals surface area (Å²) >= 11 is 0. The smallest absolute Gasteiger partial charge is 0.192 e. The monoisotopic (exact) mass is 276 g/mol. The molecule has 0 radical (unpaired) electrons. The fraction of sp³-hybridized carbons (Fsp3) is 0.643. The van der Waals surface area contributed by atoms with E-state index in [2.05, 4.69) is 45.5 Å². The van der Waals surface area contributed by atoms with Gasteiger partial charge in [-0.05, 0) is 20.0 Å². The van der Waals surface area contributed by atoms with Crippen LogP contribution in [0, 0.1) is 0 Å². The Kier molecular flexibility index (Phi) is 4.54. The molecule has 1 unspecified atom stereocenters. The van der Waals surface area contributed by atoms with Crippen molar-refractivity contribution in [1.82, 2.24) is 19.8 Å². The maximum Gasteiger partial charge on any atom is 0.192 e. The quantitative estimate of drug-likeness (QED) is 0.826. The molecule has 1 aliphatic heterocycles. The molecule has 6 nitrogen and oxygen atoms in total. The molecule has 1 atom stereocenters. The maximum atomic E-state index is 6.07. The number of guanidine groups is 1. The van der Waals surface area contributed by atoms with Gasteiger partial charge in [-0.15, -0.1) is 0 Å². The molecule has 0 bridgehead atoms. The van der Waals surface area contributed by atoms with Crippen LogP contribution in [-0.2, 0) is 5.54 Å². The first-order chi connectivity index (χ1) is 9.61. The zero-order valence-electron chi connectivity index (χ0n) is 12.6. The molecule has 2 rings (SSSR count). The van der Waals surface area contributed by atoms with Gasteiger partial charge in [-0.25, -0.2) is 0 Å². The Morgan fingerprint density at radius 3 is 2.70 bits per heavy atom. The second kappa shape index (κ2) is 6.17. The molecule has 1 aliphatic rings. The molecule has 0 aromatic carbocycles. The van der Waals surface area contributed by atoms with E-state index in [4.69, 9.17) is 5.73 Å². The van der Waals surface area contributed by atoms with Crippen molar-refractivity contribution in [2.45, 2.75) is 26.3 Å². The van der Waals surface area contributed by atoms with Crippen molar-refractivity contribution < 1.29 is 0 Å². The van der Waals surface area contributed by atoms with E-state index < -0.39 is 0 Å². The Bertz CT molecular complexity index is 456. The van der Waals surface area contributed by atoms with E-state index in [-0.39, 0.29) is 5.54 Å². The lowest BCUT2D eigenvalue weighted by atomic mass is 9.97. The lowest BCUT2D eigenvalue weighted by Gasteiger charge is -2.36. The molecular formula is C14H24N6. The minimum atomic E-state index is -0.286. The summed E-state index contributed by atoms with van der Waals surface area (Å²) in [7, 11) is 0. The predicted molar refractivity (Wildman–Crippen MR) is 80.4 cm³/mol. The molecule has 0 amide bonds. The Labute approximate surface area is 120 Å². The predicted octanol–water partition coefficient (Wildman–Crippen LogP) is 0.664. The van der Waals surface area contributed by atoms with Crippen LogP contribution in [0.1, 0.15) is 26.5 Å². The average Bonchev–Trinajstić information content (AvgIpc) is 2.78. The van der Waals surface area contributed by atoms with Gasteiger partial charge in [-0.1, -0.05) is 13.8 Å². The third kappa shape index (κ3) is 2.75. The highest BCUT2D eigenvalue weighted by atomic mass is 15.4. The van der Waals surface area contributed by atoms with Gasteiger partial charge in [-0.3, -0.25) is 15.0 Å². The number of nitrogens with two attached hydrogens (primary N) is 1. The lowest BCUT2D eigenvalue weighted by molar-refractivity contribution is 0.184. The Hall–Kier alpha value is -1.69. The molecule has 0 fully saturated rings. The molecule has 1 aromatic heterocycles. The van der Waals surface area contributed by atoms with Crippen molar-refractivity contribution in [3.63, 3.8) is 0 Å². The van der Waals surface area contributed by atoms with Crippen molar-refractivity contribution in [1.29, 1.82) is 0 Å². The minimum Gasteiger partial charge on any atom is -0.370 e. The molecule has 0 saturated heterocycles. The number of likely N-dealkylation sites (N-methyl/N-ethyl adjacent to an activating group) is 1. The number of hydrogen-bond acceptors (Lipinski definition) is 6. The number of aromatic nitrogens is 2. The molecule has 2 heterocycles. The van der Waals surface area contributed by atoms with Crippen LogP contribution in [0.15, 0.2) is 23.6 Å². The fourth-order valence-electron chi connectivity index (χ4n) is 2.60. The molecule has 110 valence electrons. The van der Waals surface area contributed by atoms with Crippen LogP contribution in [0.4, 0.5) is 0 Å². The second-order valence-electron chi connectivity index (χ2n) is 5.22. The van der Waals surface area contributed by atoms with Gasteiger partial charge in [0.2, 0.25) is 0 Å². The van der Waals surface area contributed by atoms with Gasteiger partial charge in [0.05, 0.1) is 18.4 Å². The summed E-state index contributed by atoms with van der Waals surface area (Å²) < 4.78 is 0. The SMILES string of the molecule is CCN(CC)CCN1C(N)=NCC1(C)c1cnccn1. The fourth-order valence-corrected chi connectivity index (χ4v) is 2.60. The number of nitrogens with zero attached hydrogens (tertiary/aromatic N) is 5. The molecule has 0 saturated carbocycles. The summed E-state index contributed by atoms with van der Waals surface area (Å²) in [6.07, 6.45) is 5.21. The van der Waals surface area contributed by atoms with Gasteiger partial charge >= 0.3 is 0 Å². The van der Waals surface area contributed by atoms with Crippen LogP contribution in [0.3, 0.4) is 0 Å². The van der Waals surface area contributed by atoms with Gasteiger partial charge < -0.3 is 15.5 Å². The summed E-state index contributed by atoms with van der Waals surface area (Å²) in [5.41, 5.74) is 6.70. The van der Waals surface area contributed by atoms with Crippen LogP contribution >= 0.6 is 0 Å². The highest BCUT2D eigenvalue weighted by Gasteiger charge is 2.40. The molecular weight excluding hydrogens is 252 g/mol. The van der Waals surface area contributed by atoms with Crippen LogP contribution < -0.4 is 5.73 Å². The third-order valence-electron chi connectivity index (χ3n) is 4.07. The van der Waals surface area contributed by atoms with Gasteiger partial charge in [0.15, 0.2) is 5.96 Å². The molecule has 20 heavy (non-hydrogen) atoms. The zero-order chi connectivity index (χ0) is 14.6. The van der Waals surface area contributed by atoms with E-state index >= 15 is 0 Å². The topological polar surface area (TPSA) is 70.6 Å². The zero-order valence-corrected chi connectivity index (χ0v) is 12.6. The van der Waals surface area contributed by atoms with E-state index in [0.29, 0.717) is 12.5 Å². The summed E-state index contributed by atoms with van der Waals surface area (Å²) in [5.74, 6) is 0.602. The van der Waals surface area contributed by atoms with Crippen LogP contribution in [0.25, 0.3) is 0 Å². The Balaban J connectivity index is 2.14. The normalized spacial score (nSPS) is 22.4. The molecule has 2 N–H and O–H groups in total. The Morgan fingerprint density at radius 2 is 2.10 bits per heavy atom. The van der Waals surface area contributed by atoms with Gasteiger partial charge in [0.25, 0.3) is 0 Å². The van der Waals surface area contributed by atoms with Crippen molar-refractivity contribution in [3.05, 3.63) is 24.3 Å². The van der Waals surface area contributed by atoms with Crippen molar-refractivity contribution in [3.8, 4) is 0 Å². The van der Waals surface area contributed by atoms with Crippen LogP contribution in [0.5, 0.6) is 0 Å². The van der Waals surface area contributed by atoms with Gasteiger partial charge in [0.1, 0.15) is 5.54 Å². The summed E-state index contributed by atoms with van der Waals surface area (Å²) in [4.78, 5) is 17.5. The van der Waals surface area contributed by atoms with E-state index in [0.717, 1.165) is 31.9 Å². The van der Waals surface area contributed by atoms with Gasteiger partial charge in [0, 0.05) is 25.5 Å². The summed E-state index contributed by atoms with van der Waals surface area (Å²) in [6.45, 7) is 11.0. The van der Waals surface area contributed by atoms with E-state index in [1.165, 1.54) is 0 Å². The van der Waals surface area contributed by atoms with Crippen molar-refractivity contribution >= 4 is 5.96 Å². The molecule has 6 heteroatoms. The second-order valence-corrected chi connectivity index (χ2v) is 5.22. The summed E-state index contributed by atoms with van der Waals surface area (Å²) in [6, 6.07) is 0. The first-order valence-electron chi connectivity index (χ1n) is 7.18. The van der Waals surface area contributed by atoms with Crippen molar-refractivity contribution in [2.75, 3.05) is 32.7 Å². The standard InChI is InChI=1S/C14H24N6/c1-4-19(5-2)8-9-20-13(15)18-11-14(20,3)12-10-16-6-7-17-12/h6-7,10H,4-5,8-9,11H2,1-3H3,(H2,15,18). The van der Waals surface area contributed by atoms with E-state index in [1.807, 2.05) is 0 Å². The van der Waals surface area contributed by atoms with E-state index in [9.17, 15) is 0 Å². The molecule has 0 spiro atoms. The number of hydrogen-bond donors (Lipinski definition) is 1. The molecule has 1 aromatic rings. The lowest BCUT2D eigenvalue weighted by Crippen LogP contribution is -2.50. The van der Waals surface area contributed by atoms with Gasteiger partial charge in [-0.2, -0.15) is 0 Å². The first kappa shape index (κ1) is 14.7. The maximum absolute atomic E-state index is 6.07. The third-order valence-corrected chi connectivity index (χ3v) is 4.07. The minimum absolute atomic E-state index is 0.286. The number of rotatable bonds is 6. The average molecular weight is 276 g/mol. The van der Waals surface area contributed by atoms with Crippen LogP contribution in [-0.4, -0.2) is 58.5 Å². The highest BCUT2D eigenvalue weighted by molar-refractivity contribution is 5.81. The largest absolute Gasteiger partial charge is 0.370 e. The molecule has 0 aliphatic carbocycles. The number of aliphatic imine (C=N–C) groups is 1. The van der Waals surface area contributed by atoms with Crippen molar-refractivity contribution in [2.24, 2.45) is 10.7 Å². The highest BCUT2D eigenvalue weighted by Crippen LogP contribution is 2.30. The first-order valence-corrected chi connectivity index (χ1v) is 7.18. The summed E-state index contributed by atoms with van der Waals surface area (Å²) in [5, 5.41) is 0. The Morgan fingerprint density at radius 1 is 1.35 bits per heavy atom. The van der Waals surface area contributed by atoms with Crippen LogP contribution in [0.2, 0.25) is 0 Å².